The van der Waals surface area contributed by atoms with Crippen LogP contribution in [0.25, 0.3) is 10.6 Å². The molecule has 0 aliphatic rings. The van der Waals surface area contributed by atoms with E-state index in [1.807, 2.05) is 45.0 Å². The number of allylic oxidation sites excluding steroid dienone is 1. The summed E-state index contributed by atoms with van der Waals surface area (Å²) in [6.45, 7) is 5.60. The van der Waals surface area contributed by atoms with Crippen molar-refractivity contribution < 1.29 is 9.53 Å². The van der Waals surface area contributed by atoms with E-state index in [2.05, 4.69) is 9.97 Å². The first-order valence-electron chi connectivity index (χ1n) is 7.85. The minimum atomic E-state index is -0.942. The maximum absolute atomic E-state index is 11.4. The predicted molar refractivity (Wildman–Crippen MR) is 98.0 cm³/mol. The van der Waals surface area contributed by atoms with Gasteiger partial charge >= 0.3 is 0 Å². The number of aromatic nitrogens is 2. The van der Waals surface area contributed by atoms with E-state index in [9.17, 15) is 4.79 Å². The van der Waals surface area contributed by atoms with Gasteiger partial charge in [-0.2, -0.15) is 5.26 Å². The number of ether oxygens (including phenoxy) is 1. The van der Waals surface area contributed by atoms with Gasteiger partial charge in [-0.05, 0) is 31.6 Å². The smallest absolute Gasteiger partial charge is 0.139 e. The molecule has 0 saturated carbocycles. The zero-order valence-electron chi connectivity index (χ0n) is 14.8. The molecule has 0 radical (unpaired) electrons. The molecule has 0 spiro atoms. The van der Waals surface area contributed by atoms with Gasteiger partial charge in [0.15, 0.2) is 0 Å². The lowest BCUT2D eigenvalue weighted by Crippen LogP contribution is -2.33. The maximum Gasteiger partial charge on any atom is 0.139 e. The van der Waals surface area contributed by atoms with Crippen LogP contribution in [0, 0.1) is 23.7 Å². The van der Waals surface area contributed by atoms with E-state index >= 15 is 0 Å². The third-order valence-electron chi connectivity index (χ3n) is 3.88. The van der Waals surface area contributed by atoms with Crippen LogP contribution in [0.5, 0.6) is 0 Å². The lowest BCUT2D eigenvalue weighted by Gasteiger charge is -2.32. The Balaban J connectivity index is 2.57. The van der Waals surface area contributed by atoms with Crippen molar-refractivity contribution in [2.75, 3.05) is 7.11 Å². The summed E-state index contributed by atoms with van der Waals surface area (Å²) >= 11 is 1.47. The molecule has 0 fully saturated rings. The number of methoxy groups -OCH3 is 1. The van der Waals surface area contributed by atoms with Gasteiger partial charge in [0.05, 0.1) is 22.3 Å². The summed E-state index contributed by atoms with van der Waals surface area (Å²) in [6.07, 6.45) is 6.08. The number of hydrogen-bond donors (Lipinski definition) is 0. The summed E-state index contributed by atoms with van der Waals surface area (Å²) in [5.74, 6) is 0. The molecule has 0 N–H and O–H groups in total. The van der Waals surface area contributed by atoms with Crippen LogP contribution in [-0.2, 0) is 15.1 Å². The van der Waals surface area contributed by atoms with E-state index in [0.29, 0.717) is 11.4 Å². The molecule has 2 rings (SSSR count). The Morgan fingerprint density at radius 1 is 1.40 bits per heavy atom. The Bertz CT molecular complexity index is 806. The van der Waals surface area contributed by atoms with Gasteiger partial charge in [0, 0.05) is 24.8 Å². The number of thiazole rings is 1. The fraction of sp³-hybridized carbons (Fsp3) is 0.368. The standard InChI is InChI=1S/C19H21N3O2S/c1-14-16(15-8-5-6-11-21-15)25-17(22-14)19(24-4,9-7-10-20)12-18(2,3)13-23/h5-9,11,13H,12H2,1-4H3. The molecule has 0 saturated heterocycles. The Labute approximate surface area is 152 Å². The molecule has 0 bridgehead atoms. The molecule has 25 heavy (non-hydrogen) atoms. The number of nitriles is 1. The van der Waals surface area contributed by atoms with Crippen LogP contribution in [0.4, 0.5) is 0 Å². The van der Waals surface area contributed by atoms with Gasteiger partial charge in [-0.3, -0.25) is 4.98 Å². The molecule has 1 atom stereocenters. The summed E-state index contributed by atoms with van der Waals surface area (Å²) in [5, 5.41) is 9.68. The molecule has 2 aromatic rings. The van der Waals surface area contributed by atoms with E-state index in [1.54, 1.807) is 19.4 Å². The first-order valence-corrected chi connectivity index (χ1v) is 8.67. The highest BCUT2D eigenvalue weighted by atomic mass is 32.1. The normalized spacial score (nSPS) is 14.2. The van der Waals surface area contributed by atoms with Crippen molar-refractivity contribution in [1.29, 1.82) is 5.26 Å². The Kier molecular flexibility index (Phi) is 5.83. The Hall–Kier alpha value is -2.36. The highest BCUT2D eigenvalue weighted by molar-refractivity contribution is 7.15. The topological polar surface area (TPSA) is 75.9 Å². The van der Waals surface area contributed by atoms with Crippen molar-refractivity contribution in [2.45, 2.75) is 32.8 Å². The van der Waals surface area contributed by atoms with Crippen LogP contribution in [-0.4, -0.2) is 23.4 Å². The van der Waals surface area contributed by atoms with Gasteiger partial charge in [0.2, 0.25) is 0 Å². The molecule has 0 aliphatic carbocycles. The number of pyridine rings is 1. The molecule has 0 aromatic carbocycles. The summed E-state index contributed by atoms with van der Waals surface area (Å²) in [6, 6.07) is 7.72. The average Bonchev–Trinajstić information content (AvgIpc) is 3.01. The highest BCUT2D eigenvalue weighted by Crippen LogP contribution is 2.42. The van der Waals surface area contributed by atoms with Crippen LogP contribution in [0.2, 0.25) is 0 Å². The Morgan fingerprint density at radius 2 is 2.16 bits per heavy atom. The van der Waals surface area contributed by atoms with Crippen LogP contribution in [0.1, 0.15) is 31.0 Å². The number of nitrogens with zero attached hydrogens (tertiary/aromatic N) is 3. The zero-order chi connectivity index (χ0) is 18.5. The monoisotopic (exact) mass is 355 g/mol. The summed E-state index contributed by atoms with van der Waals surface area (Å²) in [5.41, 5.74) is 0.116. The molecular weight excluding hydrogens is 334 g/mol. The average molecular weight is 355 g/mol. The lowest BCUT2D eigenvalue weighted by molar-refractivity contribution is -0.118. The number of hydrogen-bond acceptors (Lipinski definition) is 6. The molecule has 5 nitrogen and oxygen atoms in total. The lowest BCUT2D eigenvalue weighted by atomic mass is 9.81. The summed E-state index contributed by atoms with van der Waals surface area (Å²) in [7, 11) is 1.57. The Morgan fingerprint density at radius 3 is 2.72 bits per heavy atom. The van der Waals surface area contributed by atoms with Gasteiger partial charge in [-0.15, -0.1) is 11.3 Å². The third-order valence-corrected chi connectivity index (χ3v) is 5.22. The molecule has 2 heterocycles. The molecule has 130 valence electrons. The molecule has 0 aliphatic heterocycles. The highest BCUT2D eigenvalue weighted by Gasteiger charge is 2.39. The van der Waals surface area contributed by atoms with Crippen LogP contribution in [0.15, 0.2) is 36.5 Å². The second-order valence-electron chi connectivity index (χ2n) is 6.49. The van der Waals surface area contributed by atoms with E-state index in [-0.39, 0.29) is 0 Å². The maximum atomic E-state index is 11.4. The van der Waals surface area contributed by atoms with Crippen molar-refractivity contribution in [3.8, 4) is 16.6 Å². The van der Waals surface area contributed by atoms with Crippen molar-refractivity contribution in [2.24, 2.45) is 5.41 Å². The van der Waals surface area contributed by atoms with Crippen molar-refractivity contribution >= 4 is 17.6 Å². The molecular formula is C19H21N3O2S. The quantitative estimate of drug-likeness (QED) is 0.553. The minimum Gasteiger partial charge on any atom is -0.367 e. The van der Waals surface area contributed by atoms with Gasteiger partial charge < -0.3 is 9.53 Å². The molecule has 6 heteroatoms. The first kappa shape index (κ1) is 19.0. The number of carbonyl (C=O) groups is 1. The SMILES string of the molecule is COC(C=CC#N)(CC(C)(C)C=O)c1nc(C)c(-c2ccccn2)s1. The molecule has 2 aromatic heterocycles. The third kappa shape index (κ3) is 4.19. The number of carbonyl (C=O) groups excluding carboxylic acids is 1. The number of aryl methyl sites for hydroxylation is 1. The van der Waals surface area contributed by atoms with Gasteiger partial charge in [-0.25, -0.2) is 4.98 Å². The molecule has 0 amide bonds. The van der Waals surface area contributed by atoms with Gasteiger partial charge in [-0.1, -0.05) is 19.9 Å². The van der Waals surface area contributed by atoms with Crippen molar-refractivity contribution in [3.05, 3.63) is 47.2 Å². The summed E-state index contributed by atoms with van der Waals surface area (Å²) < 4.78 is 5.80. The van der Waals surface area contributed by atoms with Gasteiger partial charge in [0.25, 0.3) is 0 Å². The largest absolute Gasteiger partial charge is 0.367 e. The second-order valence-corrected chi connectivity index (χ2v) is 7.49. The summed E-state index contributed by atoms with van der Waals surface area (Å²) in [4.78, 5) is 21.5. The fourth-order valence-corrected chi connectivity index (χ4v) is 3.83. The molecule has 1 unspecified atom stereocenters. The van der Waals surface area contributed by atoms with Crippen molar-refractivity contribution in [1.82, 2.24) is 9.97 Å². The van der Waals surface area contributed by atoms with E-state index in [1.165, 1.54) is 17.4 Å². The van der Waals surface area contributed by atoms with Crippen LogP contribution in [0.3, 0.4) is 0 Å². The van der Waals surface area contributed by atoms with Gasteiger partial charge in [0.1, 0.15) is 16.9 Å². The predicted octanol–water partition coefficient (Wildman–Crippen LogP) is 4.05. The number of aldehydes is 1. The van der Waals surface area contributed by atoms with Crippen LogP contribution < -0.4 is 0 Å². The van der Waals surface area contributed by atoms with Crippen LogP contribution >= 0.6 is 11.3 Å². The second kappa shape index (κ2) is 7.68. The van der Waals surface area contributed by atoms with Crippen molar-refractivity contribution in [3.63, 3.8) is 0 Å². The first-order chi connectivity index (χ1) is 11.9. The number of rotatable bonds is 7. The minimum absolute atomic E-state index is 0.382. The fourth-order valence-electron chi connectivity index (χ4n) is 2.64. The van der Waals surface area contributed by atoms with E-state index in [0.717, 1.165) is 22.6 Å². The zero-order valence-corrected chi connectivity index (χ0v) is 15.6. The van der Waals surface area contributed by atoms with E-state index in [4.69, 9.17) is 10.00 Å². The van der Waals surface area contributed by atoms with E-state index < -0.39 is 11.0 Å².